The molecule has 5 heteroatoms. The molecule has 3 rings (SSSR count). The van der Waals surface area contributed by atoms with Gasteiger partial charge in [0.05, 0.1) is 5.52 Å². The number of sulfonamides is 1. The zero-order valence-electron chi connectivity index (χ0n) is 10.1. The highest BCUT2D eigenvalue weighted by Gasteiger charge is 2.29. The monoisotopic (exact) mass is 262 g/mol. The zero-order chi connectivity index (χ0) is 12.8. The predicted octanol–water partition coefficient (Wildman–Crippen LogP) is 1.98. The fraction of sp³-hybridized carbons (Fsp3) is 0.308. The third kappa shape index (κ3) is 2.11. The molecule has 1 aromatic heterocycles. The molecule has 18 heavy (non-hydrogen) atoms. The second-order valence-electron chi connectivity index (χ2n) is 4.74. The number of nitrogens with zero attached hydrogens (tertiary/aromatic N) is 1. The van der Waals surface area contributed by atoms with Crippen LogP contribution in [0, 0.1) is 6.92 Å². The van der Waals surface area contributed by atoms with E-state index in [1.807, 2.05) is 19.1 Å². The van der Waals surface area contributed by atoms with E-state index in [0.29, 0.717) is 5.52 Å². The Labute approximate surface area is 106 Å². The first kappa shape index (κ1) is 11.6. The molecule has 1 aromatic carbocycles. The predicted molar refractivity (Wildman–Crippen MR) is 69.8 cm³/mol. The van der Waals surface area contributed by atoms with E-state index in [0.717, 1.165) is 23.8 Å². The first-order chi connectivity index (χ1) is 8.56. The molecule has 1 aliphatic carbocycles. The number of hydrogen-bond donors (Lipinski definition) is 1. The molecule has 4 nitrogen and oxygen atoms in total. The van der Waals surface area contributed by atoms with Crippen molar-refractivity contribution in [1.29, 1.82) is 0 Å². The number of nitrogens with one attached hydrogen (secondary N) is 1. The summed E-state index contributed by atoms with van der Waals surface area (Å²) in [4.78, 5) is 4.53. The molecule has 94 valence electrons. The SMILES string of the molecule is Cc1cnc2c(S(=O)(=O)NC3CC3)cccc2c1. The van der Waals surface area contributed by atoms with E-state index < -0.39 is 10.0 Å². The minimum Gasteiger partial charge on any atom is -0.255 e. The van der Waals surface area contributed by atoms with Crippen molar-refractivity contribution in [1.82, 2.24) is 9.71 Å². The number of rotatable bonds is 3. The lowest BCUT2D eigenvalue weighted by Gasteiger charge is -2.08. The van der Waals surface area contributed by atoms with E-state index in [9.17, 15) is 8.42 Å². The molecule has 1 heterocycles. The fourth-order valence-electron chi connectivity index (χ4n) is 1.94. The van der Waals surface area contributed by atoms with E-state index in [4.69, 9.17) is 0 Å². The number of benzene rings is 1. The van der Waals surface area contributed by atoms with Crippen molar-refractivity contribution < 1.29 is 8.42 Å². The van der Waals surface area contributed by atoms with Gasteiger partial charge in [-0.2, -0.15) is 0 Å². The van der Waals surface area contributed by atoms with Crippen molar-refractivity contribution in [3.8, 4) is 0 Å². The van der Waals surface area contributed by atoms with E-state index in [1.165, 1.54) is 0 Å². The van der Waals surface area contributed by atoms with Crippen LogP contribution in [0.4, 0.5) is 0 Å². The summed E-state index contributed by atoms with van der Waals surface area (Å²) in [5.41, 5.74) is 1.56. The van der Waals surface area contributed by atoms with Crippen molar-refractivity contribution >= 4 is 20.9 Å². The maximum Gasteiger partial charge on any atom is 0.242 e. The maximum absolute atomic E-state index is 12.2. The van der Waals surface area contributed by atoms with Crippen molar-refractivity contribution in [3.63, 3.8) is 0 Å². The van der Waals surface area contributed by atoms with E-state index in [-0.39, 0.29) is 10.9 Å². The Morgan fingerprint density at radius 1 is 1.33 bits per heavy atom. The summed E-state index contributed by atoms with van der Waals surface area (Å²) in [6.45, 7) is 1.94. The highest BCUT2D eigenvalue weighted by Crippen LogP contribution is 2.25. The molecule has 2 aromatic rings. The van der Waals surface area contributed by atoms with Crippen molar-refractivity contribution in [2.75, 3.05) is 0 Å². The van der Waals surface area contributed by atoms with Crippen LogP contribution in [0.2, 0.25) is 0 Å². The summed E-state index contributed by atoms with van der Waals surface area (Å²) >= 11 is 0. The lowest BCUT2D eigenvalue weighted by molar-refractivity contribution is 0.582. The second-order valence-corrected chi connectivity index (χ2v) is 6.42. The molecule has 0 bridgehead atoms. The highest BCUT2D eigenvalue weighted by molar-refractivity contribution is 7.89. The van der Waals surface area contributed by atoms with Crippen molar-refractivity contribution in [2.45, 2.75) is 30.7 Å². The van der Waals surface area contributed by atoms with Crippen LogP contribution in [0.1, 0.15) is 18.4 Å². The van der Waals surface area contributed by atoms with Crippen LogP contribution in [0.15, 0.2) is 35.4 Å². The normalized spacial score (nSPS) is 16.1. The molecule has 1 fully saturated rings. The molecule has 0 unspecified atom stereocenters. The topological polar surface area (TPSA) is 59.1 Å². The van der Waals surface area contributed by atoms with Gasteiger partial charge in [-0.05, 0) is 37.5 Å². The average Bonchev–Trinajstić information content (AvgIpc) is 3.11. The highest BCUT2D eigenvalue weighted by atomic mass is 32.2. The molecule has 0 saturated heterocycles. The van der Waals surface area contributed by atoms with E-state index in [2.05, 4.69) is 9.71 Å². The summed E-state index contributed by atoms with van der Waals surface area (Å²) in [5.74, 6) is 0. The summed E-state index contributed by atoms with van der Waals surface area (Å²) in [7, 11) is -3.45. The first-order valence-corrected chi connectivity index (χ1v) is 7.42. The second kappa shape index (κ2) is 4.03. The minimum absolute atomic E-state index is 0.107. The quantitative estimate of drug-likeness (QED) is 0.920. The molecule has 0 radical (unpaired) electrons. The number of fused-ring (bicyclic) bond motifs is 1. The van der Waals surface area contributed by atoms with Gasteiger partial charge in [0.1, 0.15) is 4.90 Å². The van der Waals surface area contributed by atoms with Gasteiger partial charge in [-0.25, -0.2) is 13.1 Å². The van der Waals surface area contributed by atoms with Gasteiger partial charge in [-0.15, -0.1) is 0 Å². The molecule has 0 spiro atoms. The van der Waals surface area contributed by atoms with Crippen LogP contribution >= 0.6 is 0 Å². The molecule has 0 aliphatic heterocycles. The summed E-state index contributed by atoms with van der Waals surface area (Å²) < 4.78 is 27.1. The summed E-state index contributed by atoms with van der Waals surface area (Å²) in [6, 6.07) is 7.29. The fourth-order valence-corrected chi connectivity index (χ4v) is 3.43. The average molecular weight is 262 g/mol. The molecular formula is C13H14N2O2S. The van der Waals surface area contributed by atoms with Gasteiger partial charge in [0.15, 0.2) is 0 Å². The Kier molecular flexibility index (Phi) is 2.60. The Balaban J connectivity index is 2.16. The Bertz CT molecular complexity index is 706. The molecule has 1 saturated carbocycles. The Morgan fingerprint density at radius 2 is 2.11 bits per heavy atom. The van der Waals surface area contributed by atoms with Crippen LogP contribution in [0.3, 0.4) is 0 Å². The van der Waals surface area contributed by atoms with Gasteiger partial charge < -0.3 is 0 Å². The molecule has 0 atom stereocenters. The van der Waals surface area contributed by atoms with Gasteiger partial charge in [0.25, 0.3) is 0 Å². The number of para-hydroxylation sites is 1. The number of hydrogen-bond acceptors (Lipinski definition) is 3. The third-order valence-electron chi connectivity index (χ3n) is 3.00. The van der Waals surface area contributed by atoms with E-state index in [1.54, 1.807) is 18.3 Å². The lowest BCUT2D eigenvalue weighted by atomic mass is 10.2. The van der Waals surface area contributed by atoms with Crippen LogP contribution in [0.5, 0.6) is 0 Å². The van der Waals surface area contributed by atoms with Gasteiger partial charge >= 0.3 is 0 Å². The summed E-state index contributed by atoms with van der Waals surface area (Å²) in [6.07, 6.45) is 3.55. The zero-order valence-corrected chi connectivity index (χ0v) is 10.9. The Hall–Kier alpha value is -1.46. The van der Waals surface area contributed by atoms with Gasteiger partial charge in [0.2, 0.25) is 10.0 Å². The number of pyridine rings is 1. The Morgan fingerprint density at radius 3 is 2.83 bits per heavy atom. The van der Waals surface area contributed by atoms with Crippen molar-refractivity contribution in [2.24, 2.45) is 0 Å². The van der Waals surface area contributed by atoms with Crippen LogP contribution < -0.4 is 4.72 Å². The lowest BCUT2D eigenvalue weighted by Crippen LogP contribution is -2.26. The molecular weight excluding hydrogens is 248 g/mol. The van der Waals surface area contributed by atoms with Gasteiger partial charge in [-0.1, -0.05) is 12.1 Å². The first-order valence-electron chi connectivity index (χ1n) is 5.94. The van der Waals surface area contributed by atoms with Crippen molar-refractivity contribution in [3.05, 3.63) is 36.0 Å². The van der Waals surface area contributed by atoms with E-state index >= 15 is 0 Å². The van der Waals surface area contributed by atoms with Gasteiger partial charge in [0, 0.05) is 17.6 Å². The largest absolute Gasteiger partial charge is 0.255 e. The smallest absolute Gasteiger partial charge is 0.242 e. The standard InChI is InChI=1S/C13H14N2O2S/c1-9-7-10-3-2-4-12(13(10)14-8-9)18(16,17)15-11-5-6-11/h2-4,7-8,11,15H,5-6H2,1H3. The van der Waals surface area contributed by atoms with Gasteiger partial charge in [-0.3, -0.25) is 4.98 Å². The number of aromatic nitrogens is 1. The van der Waals surface area contributed by atoms with Crippen LogP contribution in [-0.4, -0.2) is 19.4 Å². The number of aryl methyl sites for hydroxylation is 1. The maximum atomic E-state index is 12.2. The molecule has 1 N–H and O–H groups in total. The molecule has 1 aliphatic rings. The summed E-state index contributed by atoms with van der Waals surface area (Å²) in [5, 5.41) is 0.855. The molecule has 0 amide bonds. The van der Waals surface area contributed by atoms with Crippen LogP contribution in [0.25, 0.3) is 10.9 Å². The third-order valence-corrected chi connectivity index (χ3v) is 4.55. The van der Waals surface area contributed by atoms with Crippen LogP contribution in [-0.2, 0) is 10.0 Å². The minimum atomic E-state index is -3.45.